The minimum absolute atomic E-state index is 0.0956. The first-order valence-electron chi connectivity index (χ1n) is 8.11. The van der Waals surface area contributed by atoms with Gasteiger partial charge in [-0.15, -0.1) is 6.58 Å². The van der Waals surface area contributed by atoms with E-state index in [0.29, 0.717) is 18.0 Å². The molecule has 2 aromatic carbocycles. The summed E-state index contributed by atoms with van der Waals surface area (Å²) in [5.41, 5.74) is 0.399. The summed E-state index contributed by atoms with van der Waals surface area (Å²) >= 11 is 0. The monoisotopic (exact) mass is 363 g/mol. The maximum Gasteiger partial charge on any atom is 0.353 e. The summed E-state index contributed by atoms with van der Waals surface area (Å²) in [6, 6.07) is 16.4. The molecule has 136 valence electrons. The first kappa shape index (κ1) is 17.9. The van der Waals surface area contributed by atoms with Gasteiger partial charge in [0.25, 0.3) is 0 Å². The van der Waals surface area contributed by atoms with Crippen molar-refractivity contribution in [1.29, 1.82) is 0 Å². The molecule has 0 spiro atoms. The Hall–Kier alpha value is -3.94. The summed E-state index contributed by atoms with van der Waals surface area (Å²) in [4.78, 5) is 18.8. The molecule has 27 heavy (non-hydrogen) atoms. The van der Waals surface area contributed by atoms with Gasteiger partial charge in [-0.2, -0.15) is 0 Å². The third-order valence-electron chi connectivity index (χ3n) is 3.51. The second-order valence-electron chi connectivity index (χ2n) is 5.41. The predicted octanol–water partition coefficient (Wildman–Crippen LogP) is 4.52. The van der Waals surface area contributed by atoms with E-state index in [1.54, 1.807) is 30.3 Å². The molecule has 8 nitrogen and oxygen atoms in total. The smallest absolute Gasteiger partial charge is 0.353 e. The lowest BCUT2D eigenvalue weighted by atomic mass is 10.3. The van der Waals surface area contributed by atoms with Crippen molar-refractivity contribution >= 4 is 23.0 Å². The number of benzene rings is 2. The minimum atomic E-state index is -0.527. The molecular formula is C19H17N5O3. The molecule has 2 N–H and O–H groups in total. The quantitative estimate of drug-likeness (QED) is 0.344. The lowest BCUT2D eigenvalue weighted by Gasteiger charge is -2.10. The zero-order chi connectivity index (χ0) is 19.1. The van der Waals surface area contributed by atoms with Crippen LogP contribution in [0.25, 0.3) is 0 Å². The van der Waals surface area contributed by atoms with Gasteiger partial charge in [-0.25, -0.2) is 9.97 Å². The van der Waals surface area contributed by atoms with Crippen molar-refractivity contribution in [2.75, 3.05) is 17.2 Å². The largest absolute Gasteiger partial charge is 0.457 e. The SMILES string of the molecule is C=CCNc1ncnc(Nc2ccc(Oc3ccccc3)cc2)c1[N+](=O)[O-]. The van der Waals surface area contributed by atoms with Crippen molar-refractivity contribution in [2.45, 2.75) is 0 Å². The number of para-hydroxylation sites is 1. The lowest BCUT2D eigenvalue weighted by molar-refractivity contribution is -0.383. The number of hydrogen-bond acceptors (Lipinski definition) is 7. The first-order valence-corrected chi connectivity index (χ1v) is 8.11. The summed E-state index contributed by atoms with van der Waals surface area (Å²) in [5, 5.41) is 17.2. The zero-order valence-corrected chi connectivity index (χ0v) is 14.3. The van der Waals surface area contributed by atoms with Crippen LogP contribution in [0.15, 0.2) is 73.6 Å². The molecule has 1 aromatic heterocycles. The van der Waals surface area contributed by atoms with E-state index >= 15 is 0 Å². The van der Waals surface area contributed by atoms with Gasteiger partial charge >= 0.3 is 5.69 Å². The highest BCUT2D eigenvalue weighted by atomic mass is 16.6. The number of ether oxygens (including phenoxy) is 1. The Bertz CT molecular complexity index is 930. The Morgan fingerprint density at radius 1 is 1.04 bits per heavy atom. The van der Waals surface area contributed by atoms with Crippen LogP contribution in [0.5, 0.6) is 11.5 Å². The molecule has 1 heterocycles. The highest BCUT2D eigenvalue weighted by Gasteiger charge is 2.22. The van der Waals surface area contributed by atoms with Gasteiger partial charge in [0.1, 0.15) is 17.8 Å². The molecule has 0 bridgehead atoms. The minimum Gasteiger partial charge on any atom is -0.457 e. The third kappa shape index (κ3) is 4.57. The Labute approximate surface area is 155 Å². The zero-order valence-electron chi connectivity index (χ0n) is 14.3. The van der Waals surface area contributed by atoms with Crippen molar-refractivity contribution in [2.24, 2.45) is 0 Å². The van der Waals surface area contributed by atoms with Gasteiger partial charge in [-0.05, 0) is 36.4 Å². The van der Waals surface area contributed by atoms with Crippen molar-refractivity contribution in [3.05, 3.63) is 83.7 Å². The summed E-state index contributed by atoms with van der Waals surface area (Å²) < 4.78 is 5.73. The number of nitrogens with zero attached hydrogens (tertiary/aromatic N) is 3. The van der Waals surface area contributed by atoms with E-state index in [-0.39, 0.29) is 17.3 Å². The molecule has 3 aromatic rings. The van der Waals surface area contributed by atoms with Gasteiger partial charge < -0.3 is 15.4 Å². The number of nitro groups is 1. The van der Waals surface area contributed by atoms with Crippen LogP contribution in [0.3, 0.4) is 0 Å². The molecule has 0 unspecified atom stereocenters. The van der Waals surface area contributed by atoms with E-state index in [1.165, 1.54) is 6.33 Å². The first-order chi connectivity index (χ1) is 13.2. The van der Waals surface area contributed by atoms with Gasteiger partial charge in [-0.1, -0.05) is 24.3 Å². The van der Waals surface area contributed by atoms with Crippen molar-refractivity contribution < 1.29 is 9.66 Å². The molecule has 0 radical (unpaired) electrons. The van der Waals surface area contributed by atoms with Gasteiger partial charge in [0.2, 0.25) is 11.6 Å². The van der Waals surface area contributed by atoms with Crippen LogP contribution >= 0.6 is 0 Å². The number of hydrogen-bond donors (Lipinski definition) is 2. The average Bonchev–Trinajstić information content (AvgIpc) is 2.68. The molecule has 3 rings (SSSR count). The number of aromatic nitrogens is 2. The molecule has 0 saturated heterocycles. The fraction of sp³-hybridized carbons (Fsp3) is 0.0526. The summed E-state index contributed by atoms with van der Waals surface area (Å²) in [7, 11) is 0. The predicted molar refractivity (Wildman–Crippen MR) is 104 cm³/mol. The topological polar surface area (TPSA) is 102 Å². The fourth-order valence-electron chi connectivity index (χ4n) is 2.31. The second kappa shape index (κ2) is 8.43. The lowest BCUT2D eigenvalue weighted by Crippen LogP contribution is -2.08. The number of anilines is 3. The summed E-state index contributed by atoms with van der Waals surface area (Å²) in [6.07, 6.45) is 2.85. The highest BCUT2D eigenvalue weighted by Crippen LogP contribution is 2.31. The Morgan fingerprint density at radius 3 is 2.37 bits per heavy atom. The van der Waals surface area contributed by atoms with E-state index in [2.05, 4.69) is 27.2 Å². The summed E-state index contributed by atoms with van der Waals surface area (Å²) in [5.74, 6) is 1.60. The van der Waals surface area contributed by atoms with Crippen LogP contribution in [-0.4, -0.2) is 21.4 Å². The van der Waals surface area contributed by atoms with Gasteiger partial charge in [0.05, 0.1) is 4.92 Å². The van der Waals surface area contributed by atoms with E-state index in [0.717, 1.165) is 5.75 Å². The average molecular weight is 363 g/mol. The van der Waals surface area contributed by atoms with Gasteiger partial charge in [0.15, 0.2) is 0 Å². The molecule has 0 amide bonds. The molecule has 0 aliphatic rings. The van der Waals surface area contributed by atoms with E-state index < -0.39 is 4.92 Å². The molecular weight excluding hydrogens is 346 g/mol. The maximum absolute atomic E-state index is 11.5. The molecule has 0 atom stereocenters. The van der Waals surface area contributed by atoms with Gasteiger partial charge in [0, 0.05) is 12.2 Å². The van der Waals surface area contributed by atoms with Crippen molar-refractivity contribution in [3.63, 3.8) is 0 Å². The van der Waals surface area contributed by atoms with E-state index in [1.807, 2.05) is 30.3 Å². The number of rotatable bonds is 8. The standard InChI is InChI=1S/C19H17N5O3/c1-2-12-20-18-17(24(25)26)19(22-13-21-18)23-14-8-10-16(11-9-14)27-15-6-4-3-5-7-15/h2-11,13H,1,12H2,(H2,20,21,22,23). The van der Waals surface area contributed by atoms with Crippen LogP contribution in [0.4, 0.5) is 23.0 Å². The normalized spacial score (nSPS) is 10.1. The second-order valence-corrected chi connectivity index (χ2v) is 5.41. The summed E-state index contributed by atoms with van der Waals surface area (Å²) in [6.45, 7) is 3.93. The van der Waals surface area contributed by atoms with Gasteiger partial charge in [-0.3, -0.25) is 10.1 Å². The van der Waals surface area contributed by atoms with Crippen LogP contribution in [0, 0.1) is 10.1 Å². The molecule has 0 saturated carbocycles. The van der Waals surface area contributed by atoms with Crippen LogP contribution in [0.1, 0.15) is 0 Å². The molecule has 0 fully saturated rings. The number of nitrogens with one attached hydrogen (secondary N) is 2. The Kier molecular flexibility index (Phi) is 5.58. The molecule has 8 heteroatoms. The highest BCUT2D eigenvalue weighted by molar-refractivity contribution is 5.73. The Balaban J connectivity index is 1.78. The van der Waals surface area contributed by atoms with E-state index in [4.69, 9.17) is 4.74 Å². The van der Waals surface area contributed by atoms with Crippen LogP contribution in [0.2, 0.25) is 0 Å². The maximum atomic E-state index is 11.5. The van der Waals surface area contributed by atoms with Crippen molar-refractivity contribution in [3.8, 4) is 11.5 Å². The van der Waals surface area contributed by atoms with Crippen LogP contribution in [-0.2, 0) is 0 Å². The molecule has 0 aliphatic heterocycles. The van der Waals surface area contributed by atoms with E-state index in [9.17, 15) is 10.1 Å². The fourth-order valence-corrected chi connectivity index (χ4v) is 2.31. The Morgan fingerprint density at radius 2 is 1.70 bits per heavy atom. The van der Waals surface area contributed by atoms with Crippen LogP contribution < -0.4 is 15.4 Å². The third-order valence-corrected chi connectivity index (χ3v) is 3.51. The van der Waals surface area contributed by atoms with Crippen molar-refractivity contribution in [1.82, 2.24) is 9.97 Å². The molecule has 0 aliphatic carbocycles.